The Morgan fingerprint density at radius 1 is 0.422 bits per heavy atom. The fourth-order valence-electron chi connectivity index (χ4n) is 9.11. The Labute approximate surface area is 399 Å². The maximum absolute atomic E-state index is 12.5. The fraction of sp³-hybridized carbons (Fsp3) is 0.931. The first-order chi connectivity index (χ1) is 31.5. The fourth-order valence-corrected chi connectivity index (χ4v) is 9.11. The van der Waals surface area contributed by atoms with Crippen molar-refractivity contribution in [3.8, 4) is 0 Å². The summed E-state index contributed by atoms with van der Waals surface area (Å²) >= 11 is 0. The molecule has 0 saturated carbocycles. The van der Waals surface area contributed by atoms with Crippen molar-refractivity contribution in [3.63, 3.8) is 0 Å². The van der Waals surface area contributed by atoms with Crippen molar-refractivity contribution >= 4 is 11.9 Å². The molecule has 0 heterocycles. The monoisotopic (exact) mass is 904 g/mol. The van der Waals surface area contributed by atoms with E-state index in [2.05, 4.69) is 31.3 Å². The van der Waals surface area contributed by atoms with Gasteiger partial charge in [-0.2, -0.15) is 0 Å². The van der Waals surface area contributed by atoms with Gasteiger partial charge in [0.15, 0.2) is 0 Å². The molecule has 0 spiro atoms. The highest BCUT2D eigenvalue weighted by molar-refractivity contribution is 5.76. The van der Waals surface area contributed by atoms with E-state index in [1.54, 1.807) is 0 Å². The quantitative estimate of drug-likeness (QED) is 0.0321. The lowest BCUT2D eigenvalue weighted by Gasteiger charge is -2.22. The van der Waals surface area contributed by atoms with E-state index in [1.807, 2.05) is 0 Å². The van der Waals surface area contributed by atoms with E-state index in [4.69, 9.17) is 4.74 Å². The lowest BCUT2D eigenvalue weighted by Crippen LogP contribution is -2.45. The van der Waals surface area contributed by atoms with Crippen LogP contribution >= 0.6 is 0 Å². The zero-order valence-electron chi connectivity index (χ0n) is 43.3. The van der Waals surface area contributed by atoms with Crippen molar-refractivity contribution in [1.82, 2.24) is 5.32 Å². The molecule has 3 N–H and O–H groups in total. The molecule has 0 rings (SSSR count). The van der Waals surface area contributed by atoms with Crippen LogP contribution in [0.15, 0.2) is 12.2 Å². The molecule has 0 aromatic carbocycles. The maximum Gasteiger partial charge on any atom is 0.305 e. The van der Waals surface area contributed by atoms with E-state index in [0.29, 0.717) is 25.9 Å². The highest BCUT2D eigenvalue weighted by atomic mass is 16.5. The number of nitrogens with one attached hydrogen (secondary N) is 1. The molecule has 0 aromatic heterocycles. The Kier molecular flexibility index (Phi) is 53.0. The van der Waals surface area contributed by atoms with Crippen LogP contribution in [0, 0.1) is 0 Å². The number of amides is 1. The molecule has 64 heavy (non-hydrogen) atoms. The topological polar surface area (TPSA) is 95.9 Å². The molecule has 6 nitrogen and oxygen atoms in total. The van der Waals surface area contributed by atoms with Gasteiger partial charge in [-0.05, 0) is 51.4 Å². The third-order valence-electron chi connectivity index (χ3n) is 13.6. The molecule has 0 aromatic rings. The highest BCUT2D eigenvalue weighted by Crippen LogP contribution is 2.18. The molecule has 380 valence electrons. The van der Waals surface area contributed by atoms with Gasteiger partial charge >= 0.3 is 5.97 Å². The summed E-state index contributed by atoms with van der Waals surface area (Å²) in [4.78, 5) is 24.5. The van der Waals surface area contributed by atoms with Gasteiger partial charge in [0.25, 0.3) is 0 Å². The average Bonchev–Trinajstić information content (AvgIpc) is 3.29. The van der Waals surface area contributed by atoms with E-state index >= 15 is 0 Å². The summed E-state index contributed by atoms with van der Waals surface area (Å²) in [5, 5.41) is 23.3. The number of carbonyl (C=O) groups excluding carboxylic acids is 2. The molecular formula is C58H113NO5. The second kappa shape index (κ2) is 54.2. The van der Waals surface area contributed by atoms with Crippen molar-refractivity contribution in [2.75, 3.05) is 13.2 Å². The molecule has 0 radical (unpaired) electrons. The molecule has 0 aliphatic carbocycles. The summed E-state index contributed by atoms with van der Waals surface area (Å²) < 4.78 is 5.46. The van der Waals surface area contributed by atoms with Gasteiger partial charge in [0, 0.05) is 12.8 Å². The zero-order chi connectivity index (χ0) is 46.5. The minimum absolute atomic E-state index is 0.00859. The Morgan fingerprint density at radius 3 is 1.14 bits per heavy atom. The summed E-state index contributed by atoms with van der Waals surface area (Å²) in [5.74, 6) is -0.0492. The van der Waals surface area contributed by atoms with Crippen LogP contribution in [-0.4, -0.2) is 47.4 Å². The lowest BCUT2D eigenvalue weighted by molar-refractivity contribution is -0.143. The molecule has 0 aliphatic heterocycles. The van der Waals surface area contributed by atoms with Crippen LogP contribution in [0.2, 0.25) is 0 Å². The SMILES string of the molecule is CCCCC/C=C\CCCCCCCC(=O)OCCCCCCCCCCCCCCCCCC(=O)NC(CO)C(O)CCCCCCCCCCCCCCCCCCCCCC. The number of hydrogen-bond donors (Lipinski definition) is 3. The van der Waals surface area contributed by atoms with E-state index < -0.39 is 12.1 Å². The standard InChI is InChI=1S/C58H113NO5/c1-3-5-7-9-11-13-15-17-18-19-20-21-22-24-27-30-34-38-42-46-50-56(61)55(54-60)59-57(62)51-47-43-39-35-31-28-25-23-26-29-33-37-41-45-49-53-64-58(63)52-48-44-40-36-32-16-14-12-10-8-6-4-2/h12,14,55-56,60-61H,3-11,13,15-54H2,1-2H3,(H,59,62)/b14-12-. The Bertz CT molecular complexity index is 955. The van der Waals surface area contributed by atoms with Crippen LogP contribution in [0.1, 0.15) is 322 Å². The smallest absolute Gasteiger partial charge is 0.305 e. The first-order valence-electron chi connectivity index (χ1n) is 28.9. The lowest BCUT2D eigenvalue weighted by atomic mass is 10.0. The van der Waals surface area contributed by atoms with Crippen LogP contribution in [0.5, 0.6) is 0 Å². The van der Waals surface area contributed by atoms with Crippen LogP contribution < -0.4 is 5.32 Å². The van der Waals surface area contributed by atoms with Crippen molar-refractivity contribution in [2.24, 2.45) is 0 Å². The van der Waals surface area contributed by atoms with Crippen LogP contribution in [0.4, 0.5) is 0 Å². The molecule has 0 aliphatic rings. The van der Waals surface area contributed by atoms with Crippen molar-refractivity contribution < 1.29 is 24.5 Å². The van der Waals surface area contributed by atoms with Gasteiger partial charge < -0.3 is 20.3 Å². The van der Waals surface area contributed by atoms with Crippen LogP contribution in [0.25, 0.3) is 0 Å². The molecule has 6 heteroatoms. The first-order valence-corrected chi connectivity index (χ1v) is 28.9. The molecule has 0 fully saturated rings. The van der Waals surface area contributed by atoms with Gasteiger partial charge in [0.1, 0.15) is 0 Å². The molecule has 0 bridgehead atoms. The molecule has 0 saturated heterocycles. The second-order valence-electron chi connectivity index (χ2n) is 20.0. The second-order valence-corrected chi connectivity index (χ2v) is 20.0. The Morgan fingerprint density at radius 2 is 0.734 bits per heavy atom. The molecule has 2 unspecified atom stereocenters. The Hall–Kier alpha value is -1.40. The minimum atomic E-state index is -0.670. The van der Waals surface area contributed by atoms with Gasteiger partial charge in [0.2, 0.25) is 5.91 Å². The Balaban J connectivity index is 3.43. The number of esters is 1. The van der Waals surface area contributed by atoms with Gasteiger partial charge in [-0.15, -0.1) is 0 Å². The summed E-state index contributed by atoms with van der Waals surface area (Å²) in [6.07, 6.45) is 63.4. The van der Waals surface area contributed by atoms with E-state index in [-0.39, 0.29) is 18.5 Å². The van der Waals surface area contributed by atoms with E-state index in [1.165, 1.54) is 238 Å². The van der Waals surface area contributed by atoms with E-state index in [9.17, 15) is 19.8 Å². The van der Waals surface area contributed by atoms with Crippen molar-refractivity contribution in [3.05, 3.63) is 12.2 Å². The van der Waals surface area contributed by atoms with Gasteiger partial charge in [-0.25, -0.2) is 0 Å². The number of carbonyl (C=O) groups is 2. The van der Waals surface area contributed by atoms with Gasteiger partial charge in [-0.3, -0.25) is 9.59 Å². The zero-order valence-corrected chi connectivity index (χ0v) is 43.3. The normalized spacial score (nSPS) is 12.6. The number of hydrogen-bond acceptors (Lipinski definition) is 5. The molecule has 2 atom stereocenters. The summed E-state index contributed by atoms with van der Waals surface area (Å²) in [6, 6.07) is -0.548. The summed E-state index contributed by atoms with van der Waals surface area (Å²) in [6.45, 7) is 4.93. The van der Waals surface area contributed by atoms with Gasteiger partial charge in [-0.1, -0.05) is 270 Å². The van der Waals surface area contributed by atoms with Crippen molar-refractivity contribution in [2.45, 2.75) is 334 Å². The number of rotatable bonds is 54. The number of unbranched alkanes of at least 4 members (excludes halogenated alkanes) is 41. The van der Waals surface area contributed by atoms with Crippen molar-refractivity contribution in [1.29, 1.82) is 0 Å². The summed E-state index contributed by atoms with van der Waals surface area (Å²) in [5.41, 5.74) is 0. The number of aliphatic hydroxyl groups excluding tert-OH is 2. The number of aliphatic hydroxyl groups is 2. The molecular weight excluding hydrogens is 791 g/mol. The van der Waals surface area contributed by atoms with Crippen LogP contribution in [0.3, 0.4) is 0 Å². The summed E-state index contributed by atoms with van der Waals surface area (Å²) in [7, 11) is 0. The number of ether oxygens (including phenoxy) is 1. The number of allylic oxidation sites excluding steroid dienone is 2. The largest absolute Gasteiger partial charge is 0.466 e. The predicted octanol–water partition coefficient (Wildman–Crippen LogP) is 17.7. The molecule has 1 amide bonds. The third kappa shape index (κ3) is 50.0. The van der Waals surface area contributed by atoms with Crippen LogP contribution in [-0.2, 0) is 14.3 Å². The first kappa shape index (κ1) is 62.6. The van der Waals surface area contributed by atoms with E-state index in [0.717, 1.165) is 51.4 Å². The van der Waals surface area contributed by atoms with Gasteiger partial charge in [0.05, 0.1) is 25.4 Å². The average molecular weight is 905 g/mol. The maximum atomic E-state index is 12.5. The minimum Gasteiger partial charge on any atom is -0.466 e. The predicted molar refractivity (Wildman–Crippen MR) is 278 cm³/mol. The third-order valence-corrected chi connectivity index (χ3v) is 13.6. The highest BCUT2D eigenvalue weighted by Gasteiger charge is 2.20.